The van der Waals surface area contributed by atoms with E-state index in [1.165, 1.54) is 10.6 Å². The van der Waals surface area contributed by atoms with Crippen LogP contribution in [0.4, 0.5) is 4.39 Å². The number of benzene rings is 1. The van der Waals surface area contributed by atoms with Crippen molar-refractivity contribution in [1.82, 2.24) is 14.2 Å². The number of nitrogens with zero attached hydrogens (tertiary/aromatic N) is 3. The zero-order valence-corrected chi connectivity index (χ0v) is 12.8. The smallest absolute Gasteiger partial charge is 0.276 e. The van der Waals surface area contributed by atoms with Crippen LogP contribution in [0.1, 0.15) is 5.56 Å². The summed E-state index contributed by atoms with van der Waals surface area (Å²) < 4.78 is 16.8. The summed E-state index contributed by atoms with van der Waals surface area (Å²) in [6.45, 7) is 0.196. The fourth-order valence-corrected chi connectivity index (χ4v) is 3.19. The van der Waals surface area contributed by atoms with E-state index in [-0.39, 0.29) is 17.9 Å². The normalized spacial score (nSPS) is 11.2. The molecular weight excluding hydrogens is 313 g/mol. The minimum Gasteiger partial charge on any atom is -0.308 e. The van der Waals surface area contributed by atoms with Gasteiger partial charge in [0.2, 0.25) is 0 Å². The van der Waals surface area contributed by atoms with Gasteiger partial charge in [0.1, 0.15) is 17.0 Å². The summed E-state index contributed by atoms with van der Waals surface area (Å²) in [5.41, 5.74) is 1.54. The minimum absolute atomic E-state index is 0.189. The molecule has 0 N–H and O–H groups in total. The van der Waals surface area contributed by atoms with Gasteiger partial charge in [-0.05, 0) is 23.6 Å². The fraction of sp³-hybridized carbons (Fsp3) is 0.0588. The van der Waals surface area contributed by atoms with Crippen molar-refractivity contribution in [3.63, 3.8) is 0 Å². The SMILES string of the molecule is O=c1c2cc(-c3cccs3)nn2ccn1Cc1ccccc1F. The summed E-state index contributed by atoms with van der Waals surface area (Å²) in [5.74, 6) is -0.313. The Bertz CT molecular complexity index is 1030. The average molecular weight is 325 g/mol. The molecule has 1 aromatic carbocycles. The lowest BCUT2D eigenvalue weighted by Gasteiger charge is -2.06. The molecular formula is C17H12FN3OS. The number of hydrogen-bond acceptors (Lipinski definition) is 3. The van der Waals surface area contributed by atoms with E-state index in [2.05, 4.69) is 5.10 Å². The van der Waals surface area contributed by atoms with Gasteiger partial charge in [0.15, 0.2) is 0 Å². The van der Waals surface area contributed by atoms with Gasteiger partial charge in [0, 0.05) is 18.0 Å². The summed E-state index contributed by atoms with van der Waals surface area (Å²) in [5, 5.41) is 6.39. The number of hydrogen-bond donors (Lipinski definition) is 0. The Balaban J connectivity index is 1.79. The number of rotatable bonds is 3. The highest BCUT2D eigenvalue weighted by Crippen LogP contribution is 2.23. The molecule has 4 nitrogen and oxygen atoms in total. The summed E-state index contributed by atoms with van der Waals surface area (Å²) in [4.78, 5) is 13.6. The van der Waals surface area contributed by atoms with Crippen LogP contribution in [0, 0.1) is 5.82 Å². The first-order valence-electron chi connectivity index (χ1n) is 7.08. The Morgan fingerprint density at radius 2 is 2.00 bits per heavy atom. The Morgan fingerprint density at radius 3 is 2.78 bits per heavy atom. The molecule has 0 saturated heterocycles. The Hall–Kier alpha value is -2.73. The van der Waals surface area contributed by atoms with Crippen LogP contribution < -0.4 is 5.56 Å². The predicted octanol–water partition coefficient (Wildman–Crippen LogP) is 3.41. The molecule has 3 aromatic heterocycles. The van der Waals surface area contributed by atoms with Gasteiger partial charge in [0.05, 0.1) is 11.4 Å². The molecule has 4 rings (SSSR count). The lowest BCUT2D eigenvalue weighted by Crippen LogP contribution is -2.22. The maximum absolute atomic E-state index is 13.8. The van der Waals surface area contributed by atoms with Gasteiger partial charge in [-0.3, -0.25) is 4.79 Å². The van der Waals surface area contributed by atoms with Crippen molar-refractivity contribution < 1.29 is 4.39 Å². The maximum Gasteiger partial charge on any atom is 0.276 e. The molecule has 0 unspecified atom stereocenters. The minimum atomic E-state index is -0.313. The third kappa shape index (κ3) is 2.47. The molecule has 0 aliphatic rings. The van der Waals surface area contributed by atoms with E-state index in [4.69, 9.17) is 0 Å². The molecule has 0 saturated carbocycles. The van der Waals surface area contributed by atoms with E-state index in [1.54, 1.807) is 52.5 Å². The van der Waals surface area contributed by atoms with E-state index < -0.39 is 0 Å². The molecule has 3 heterocycles. The van der Waals surface area contributed by atoms with Crippen molar-refractivity contribution in [2.24, 2.45) is 0 Å². The monoisotopic (exact) mass is 325 g/mol. The summed E-state index contributed by atoms with van der Waals surface area (Å²) in [6.07, 6.45) is 3.35. The molecule has 23 heavy (non-hydrogen) atoms. The molecule has 0 aliphatic carbocycles. The first-order valence-corrected chi connectivity index (χ1v) is 7.96. The van der Waals surface area contributed by atoms with Gasteiger partial charge in [0.25, 0.3) is 5.56 Å². The van der Waals surface area contributed by atoms with Crippen molar-refractivity contribution in [3.05, 3.63) is 82.0 Å². The predicted molar refractivity (Wildman–Crippen MR) is 88.3 cm³/mol. The van der Waals surface area contributed by atoms with Crippen LogP contribution in [0.2, 0.25) is 0 Å². The topological polar surface area (TPSA) is 39.3 Å². The van der Waals surface area contributed by atoms with Gasteiger partial charge in [-0.25, -0.2) is 8.91 Å². The zero-order valence-electron chi connectivity index (χ0n) is 12.0. The van der Waals surface area contributed by atoms with E-state index >= 15 is 0 Å². The second-order valence-electron chi connectivity index (χ2n) is 5.16. The first-order chi connectivity index (χ1) is 11.2. The van der Waals surface area contributed by atoms with Crippen LogP contribution in [0.5, 0.6) is 0 Å². The van der Waals surface area contributed by atoms with Gasteiger partial charge >= 0.3 is 0 Å². The Labute approximate surface area is 135 Å². The van der Waals surface area contributed by atoms with Crippen LogP contribution >= 0.6 is 11.3 Å². The highest BCUT2D eigenvalue weighted by atomic mass is 32.1. The van der Waals surface area contributed by atoms with Gasteiger partial charge in [-0.15, -0.1) is 11.3 Å². The van der Waals surface area contributed by atoms with E-state index in [0.29, 0.717) is 11.1 Å². The summed E-state index contributed by atoms with van der Waals surface area (Å²) in [6, 6.07) is 12.1. The molecule has 0 radical (unpaired) electrons. The van der Waals surface area contributed by atoms with Crippen LogP contribution in [-0.4, -0.2) is 14.2 Å². The molecule has 0 aliphatic heterocycles. The maximum atomic E-state index is 13.8. The molecule has 4 aromatic rings. The standard InChI is InChI=1S/C17H12FN3OS/c18-13-5-2-1-4-12(13)11-20-7-8-21-15(17(20)22)10-14(19-21)16-6-3-9-23-16/h1-10H,11H2. The molecule has 0 amide bonds. The second-order valence-corrected chi connectivity index (χ2v) is 6.11. The lowest BCUT2D eigenvalue weighted by molar-refractivity contribution is 0.595. The van der Waals surface area contributed by atoms with Crippen LogP contribution in [-0.2, 0) is 6.54 Å². The largest absolute Gasteiger partial charge is 0.308 e. The van der Waals surface area contributed by atoms with Crippen molar-refractivity contribution in [1.29, 1.82) is 0 Å². The average Bonchev–Trinajstić information content (AvgIpc) is 3.21. The van der Waals surface area contributed by atoms with Gasteiger partial charge in [-0.1, -0.05) is 24.3 Å². The number of fused-ring (bicyclic) bond motifs is 1. The van der Waals surface area contributed by atoms with Crippen molar-refractivity contribution in [3.8, 4) is 10.6 Å². The van der Waals surface area contributed by atoms with Crippen LogP contribution in [0.15, 0.2) is 65.0 Å². The first kappa shape index (κ1) is 13.9. The Morgan fingerprint density at radius 1 is 1.13 bits per heavy atom. The summed E-state index contributed by atoms with van der Waals surface area (Å²) >= 11 is 1.57. The van der Waals surface area contributed by atoms with Crippen molar-refractivity contribution in [2.75, 3.05) is 0 Å². The molecule has 114 valence electrons. The molecule has 0 bridgehead atoms. The second kappa shape index (κ2) is 5.48. The van der Waals surface area contributed by atoms with E-state index in [1.807, 2.05) is 17.5 Å². The lowest BCUT2D eigenvalue weighted by atomic mass is 10.2. The Kier molecular flexibility index (Phi) is 3.31. The molecule has 6 heteroatoms. The highest BCUT2D eigenvalue weighted by molar-refractivity contribution is 7.13. The molecule has 0 atom stereocenters. The third-order valence-electron chi connectivity index (χ3n) is 3.68. The number of aromatic nitrogens is 3. The van der Waals surface area contributed by atoms with Crippen molar-refractivity contribution >= 4 is 16.9 Å². The highest BCUT2D eigenvalue weighted by Gasteiger charge is 2.11. The molecule has 0 fully saturated rings. The van der Waals surface area contributed by atoms with E-state index in [9.17, 15) is 9.18 Å². The third-order valence-corrected chi connectivity index (χ3v) is 4.57. The summed E-state index contributed by atoms with van der Waals surface area (Å²) in [7, 11) is 0. The van der Waals surface area contributed by atoms with Crippen LogP contribution in [0.3, 0.4) is 0 Å². The van der Waals surface area contributed by atoms with Crippen LogP contribution in [0.25, 0.3) is 16.1 Å². The van der Waals surface area contributed by atoms with Crippen molar-refractivity contribution in [2.45, 2.75) is 6.54 Å². The van der Waals surface area contributed by atoms with E-state index in [0.717, 1.165) is 10.6 Å². The fourth-order valence-electron chi connectivity index (χ4n) is 2.51. The van der Waals surface area contributed by atoms with Gasteiger partial charge < -0.3 is 4.57 Å². The quantitative estimate of drug-likeness (QED) is 0.579. The number of thiophene rings is 1. The van der Waals surface area contributed by atoms with Gasteiger partial charge in [-0.2, -0.15) is 5.10 Å². The molecule has 0 spiro atoms. The number of halogens is 1. The zero-order chi connectivity index (χ0) is 15.8.